The van der Waals surface area contributed by atoms with Gasteiger partial charge in [0.1, 0.15) is 11.5 Å². The number of hydrogen-bond donors (Lipinski definition) is 2. The Hall–Kier alpha value is -3.38. The summed E-state index contributed by atoms with van der Waals surface area (Å²) in [7, 11) is -0.971. The molecule has 4 aromatic rings. The molecule has 2 aromatic carbocycles. The summed E-state index contributed by atoms with van der Waals surface area (Å²) in [6, 6.07) is 9.58. The highest BCUT2D eigenvalue weighted by Crippen LogP contribution is 2.34. The molecule has 0 saturated carbocycles. The third-order valence-electron chi connectivity index (χ3n) is 7.09. The number of halogens is 3. The first-order valence-electron chi connectivity index (χ1n) is 12.6. The topological polar surface area (TPSA) is 147 Å². The summed E-state index contributed by atoms with van der Waals surface area (Å²) < 4.78 is 77.9. The maximum atomic E-state index is 14.7. The molecule has 9 nitrogen and oxygen atoms in total. The number of nitrogen functional groups attached to an aromatic ring is 1. The van der Waals surface area contributed by atoms with Crippen molar-refractivity contribution in [3.05, 3.63) is 66.1 Å². The van der Waals surface area contributed by atoms with Crippen LogP contribution in [0.3, 0.4) is 0 Å². The molecule has 4 N–H and O–H groups in total. The van der Waals surface area contributed by atoms with Crippen molar-refractivity contribution in [3.8, 4) is 34.0 Å². The molecule has 0 aliphatic carbocycles. The Labute approximate surface area is 236 Å². The molecule has 0 bridgehead atoms. The van der Waals surface area contributed by atoms with Crippen LogP contribution in [0.2, 0.25) is 0 Å². The number of nitrogens with two attached hydrogens (primary N) is 2. The summed E-state index contributed by atoms with van der Waals surface area (Å²) in [6.45, 7) is 2.49. The lowest BCUT2D eigenvalue weighted by Crippen LogP contribution is -2.33. The zero-order valence-electron chi connectivity index (χ0n) is 21.7. The highest BCUT2D eigenvalue weighted by molar-refractivity contribution is 7.92. The van der Waals surface area contributed by atoms with Gasteiger partial charge in [0.05, 0.1) is 41.3 Å². The summed E-state index contributed by atoms with van der Waals surface area (Å²) in [5.74, 6) is -0.807. The van der Waals surface area contributed by atoms with Crippen molar-refractivity contribution in [2.45, 2.75) is 35.2 Å². The fourth-order valence-corrected chi connectivity index (χ4v) is 7.14. The third kappa shape index (κ3) is 5.72. The first-order chi connectivity index (χ1) is 19.5. The van der Waals surface area contributed by atoms with Crippen LogP contribution in [0.15, 0.2) is 64.1 Å². The van der Waals surface area contributed by atoms with Crippen molar-refractivity contribution in [1.82, 2.24) is 15.1 Å². The van der Waals surface area contributed by atoms with Gasteiger partial charge in [0, 0.05) is 23.1 Å². The molecule has 5 unspecified atom stereocenters. The summed E-state index contributed by atoms with van der Waals surface area (Å²) in [5, 5.41) is 3.24. The number of ether oxygens (including phenoxy) is 1. The Morgan fingerprint density at radius 3 is 2.46 bits per heavy atom. The summed E-state index contributed by atoms with van der Waals surface area (Å²) in [5.41, 5.74) is 12.7. The molecule has 216 valence electrons. The number of hydrogen-bond acceptors (Lipinski definition) is 9. The molecule has 5 atom stereocenters. The van der Waals surface area contributed by atoms with E-state index in [-0.39, 0.29) is 57.2 Å². The quantitative estimate of drug-likeness (QED) is 0.277. The molecule has 1 aliphatic heterocycles. The second-order valence-corrected chi connectivity index (χ2v) is 13.1. The number of rotatable bonds is 8. The van der Waals surface area contributed by atoms with Crippen LogP contribution in [0.1, 0.15) is 18.5 Å². The van der Waals surface area contributed by atoms with E-state index < -0.39 is 33.4 Å². The van der Waals surface area contributed by atoms with Crippen LogP contribution < -0.4 is 11.5 Å². The lowest BCUT2D eigenvalue weighted by molar-refractivity contribution is 0.116. The van der Waals surface area contributed by atoms with Gasteiger partial charge in [-0.2, -0.15) is 0 Å². The fourth-order valence-electron chi connectivity index (χ4n) is 4.68. The van der Waals surface area contributed by atoms with Crippen molar-refractivity contribution in [3.63, 3.8) is 0 Å². The van der Waals surface area contributed by atoms with E-state index in [1.807, 2.05) is 6.92 Å². The van der Waals surface area contributed by atoms with Crippen LogP contribution in [0.25, 0.3) is 34.0 Å². The molecule has 41 heavy (non-hydrogen) atoms. The summed E-state index contributed by atoms with van der Waals surface area (Å²) in [4.78, 5) is 8.87. The van der Waals surface area contributed by atoms with E-state index in [4.69, 9.17) is 20.7 Å². The van der Waals surface area contributed by atoms with Crippen LogP contribution in [0.4, 0.5) is 19.0 Å². The Balaban J connectivity index is 1.41. The zero-order valence-corrected chi connectivity index (χ0v) is 23.7. The number of aromatic nitrogens is 3. The third-order valence-corrected chi connectivity index (χ3v) is 9.80. The van der Waals surface area contributed by atoms with Gasteiger partial charge < -0.3 is 20.7 Å². The predicted molar refractivity (Wildman–Crippen MR) is 150 cm³/mol. The Kier molecular flexibility index (Phi) is 8.15. The Morgan fingerprint density at radius 1 is 1.07 bits per heavy atom. The number of benzene rings is 2. The van der Waals surface area contributed by atoms with Gasteiger partial charge >= 0.3 is 0 Å². The van der Waals surface area contributed by atoms with Crippen LogP contribution in [-0.2, 0) is 14.6 Å². The number of nitrogens with zero attached hydrogens (tertiary/aromatic N) is 3. The average Bonchev–Trinajstić information content (AvgIpc) is 3.64. The molecular formula is C27H27F3N5O4PS. The minimum absolute atomic E-state index is 0.00987. The standard InChI is InChI=1S/C27H27F3N5O4PS/c1-13(40)18-11-38-12-23(18)41(36,37)16-5-2-14(3-6-16)21-10-33-27(32)25(34-21)22-9-20(35-39-22)17-7-4-15(8-19(17)28)24(31)26(29)30/h2-10,13,18,23-24,26H,11-12,31,40H2,1H3,(H2,32,33). The number of alkyl halides is 2. The van der Waals surface area contributed by atoms with Crippen LogP contribution in [0.5, 0.6) is 0 Å². The minimum atomic E-state index is -3.62. The zero-order chi connectivity index (χ0) is 29.5. The maximum absolute atomic E-state index is 14.7. The largest absolute Gasteiger partial charge is 0.382 e. The predicted octanol–water partition coefficient (Wildman–Crippen LogP) is 4.50. The first kappa shape index (κ1) is 29.1. The van der Waals surface area contributed by atoms with Gasteiger partial charge in [0.2, 0.25) is 0 Å². The van der Waals surface area contributed by atoms with Crippen molar-refractivity contribution in [1.29, 1.82) is 0 Å². The second kappa shape index (κ2) is 11.5. The van der Waals surface area contributed by atoms with Crippen LogP contribution in [-0.4, -0.2) is 54.1 Å². The average molecular weight is 606 g/mol. The van der Waals surface area contributed by atoms with Gasteiger partial charge in [-0.05, 0) is 35.5 Å². The van der Waals surface area contributed by atoms with Gasteiger partial charge in [0.15, 0.2) is 27.1 Å². The second-order valence-electron chi connectivity index (χ2n) is 9.83. The first-order valence-corrected chi connectivity index (χ1v) is 14.8. The Bertz CT molecular complexity index is 1670. The van der Waals surface area contributed by atoms with E-state index in [0.29, 0.717) is 17.9 Å². The van der Waals surface area contributed by atoms with E-state index in [0.717, 1.165) is 6.07 Å². The van der Waals surface area contributed by atoms with E-state index in [1.165, 1.54) is 36.5 Å². The van der Waals surface area contributed by atoms with E-state index in [9.17, 15) is 21.6 Å². The highest BCUT2D eigenvalue weighted by Gasteiger charge is 2.40. The lowest BCUT2D eigenvalue weighted by Gasteiger charge is -2.21. The molecule has 0 radical (unpaired) electrons. The smallest absolute Gasteiger partial charge is 0.257 e. The van der Waals surface area contributed by atoms with Crippen molar-refractivity contribution >= 4 is 24.9 Å². The van der Waals surface area contributed by atoms with Crippen molar-refractivity contribution in [2.75, 3.05) is 18.9 Å². The molecule has 1 saturated heterocycles. The SMILES string of the molecule is CC(P)C1COCC1S(=O)(=O)c1ccc(-c2cnc(N)c(-c3cc(-c4ccc(C(N)C(F)F)cc4F)no3)n2)cc1. The molecule has 1 fully saturated rings. The van der Waals surface area contributed by atoms with E-state index in [2.05, 4.69) is 24.4 Å². The highest BCUT2D eigenvalue weighted by atomic mass is 32.2. The molecule has 3 heterocycles. The molecule has 2 aromatic heterocycles. The molecule has 1 aliphatic rings. The minimum Gasteiger partial charge on any atom is -0.382 e. The van der Waals surface area contributed by atoms with Gasteiger partial charge in [-0.1, -0.05) is 30.3 Å². The molecule has 14 heteroatoms. The van der Waals surface area contributed by atoms with E-state index in [1.54, 1.807) is 12.1 Å². The Morgan fingerprint density at radius 2 is 1.80 bits per heavy atom. The fraction of sp³-hybridized carbons (Fsp3) is 0.296. The van der Waals surface area contributed by atoms with Gasteiger partial charge in [-0.15, -0.1) is 9.24 Å². The lowest BCUT2D eigenvalue weighted by atomic mass is 10.0. The normalized spacial score (nSPS) is 19.0. The van der Waals surface area contributed by atoms with Crippen LogP contribution >= 0.6 is 9.24 Å². The van der Waals surface area contributed by atoms with Crippen LogP contribution in [0, 0.1) is 11.7 Å². The molecule has 5 rings (SSSR count). The van der Waals surface area contributed by atoms with Gasteiger partial charge in [0.25, 0.3) is 6.43 Å². The van der Waals surface area contributed by atoms with Gasteiger partial charge in [-0.25, -0.2) is 31.6 Å². The summed E-state index contributed by atoms with van der Waals surface area (Å²) in [6.07, 6.45) is -1.41. The number of anilines is 1. The molecule has 0 amide bonds. The van der Waals surface area contributed by atoms with Gasteiger partial charge in [-0.3, -0.25) is 0 Å². The summed E-state index contributed by atoms with van der Waals surface area (Å²) >= 11 is 0. The van der Waals surface area contributed by atoms with Crippen molar-refractivity contribution < 1.29 is 30.8 Å². The van der Waals surface area contributed by atoms with Crippen molar-refractivity contribution in [2.24, 2.45) is 11.7 Å². The number of sulfone groups is 1. The maximum Gasteiger partial charge on any atom is 0.257 e. The molecule has 0 spiro atoms. The monoisotopic (exact) mass is 605 g/mol. The van der Waals surface area contributed by atoms with E-state index >= 15 is 0 Å². The molecular weight excluding hydrogens is 578 g/mol.